The van der Waals surface area contributed by atoms with Gasteiger partial charge in [0.05, 0.1) is 5.56 Å². The van der Waals surface area contributed by atoms with Crippen LogP contribution in [0.3, 0.4) is 0 Å². The van der Waals surface area contributed by atoms with Crippen molar-refractivity contribution in [3.63, 3.8) is 0 Å². The van der Waals surface area contributed by atoms with Crippen molar-refractivity contribution in [1.82, 2.24) is 15.2 Å². The van der Waals surface area contributed by atoms with Gasteiger partial charge in [-0.05, 0) is 45.0 Å². The number of halogens is 3. The first kappa shape index (κ1) is 15.8. The quantitative estimate of drug-likeness (QED) is 0.932. The molecule has 116 valence electrons. The monoisotopic (exact) mass is 301 g/mol. The van der Waals surface area contributed by atoms with Gasteiger partial charge in [0, 0.05) is 18.8 Å². The molecule has 7 heteroatoms. The first-order chi connectivity index (χ1) is 9.93. The van der Waals surface area contributed by atoms with Gasteiger partial charge < -0.3 is 10.2 Å². The molecular weight excluding hydrogens is 283 g/mol. The number of nitrogens with zero attached hydrogens (tertiary/aromatic N) is 2. The number of carbonyl (C=O) groups excluding carboxylic acids is 1. The highest BCUT2D eigenvalue weighted by atomic mass is 19.4. The zero-order valence-corrected chi connectivity index (χ0v) is 11.8. The molecule has 1 aromatic rings. The van der Waals surface area contributed by atoms with E-state index in [1.807, 2.05) is 6.92 Å². The number of hydrogen-bond donors (Lipinski definition) is 1. The minimum Gasteiger partial charge on any atom is -0.336 e. The van der Waals surface area contributed by atoms with E-state index in [-0.39, 0.29) is 17.5 Å². The summed E-state index contributed by atoms with van der Waals surface area (Å²) >= 11 is 0. The molecule has 1 N–H and O–H groups in total. The molecule has 2 rings (SSSR count). The van der Waals surface area contributed by atoms with E-state index in [9.17, 15) is 18.0 Å². The van der Waals surface area contributed by atoms with Crippen LogP contribution in [0, 0.1) is 0 Å². The van der Waals surface area contributed by atoms with E-state index in [1.54, 1.807) is 4.90 Å². The van der Waals surface area contributed by atoms with Crippen LogP contribution in [0.1, 0.15) is 35.8 Å². The van der Waals surface area contributed by atoms with Crippen molar-refractivity contribution in [2.45, 2.75) is 32.0 Å². The molecule has 0 unspecified atom stereocenters. The minimum absolute atomic E-state index is 0.131. The molecular formula is C14H18F3N3O. The molecule has 0 bridgehead atoms. The average molecular weight is 301 g/mol. The van der Waals surface area contributed by atoms with Crippen LogP contribution in [0.5, 0.6) is 0 Å². The van der Waals surface area contributed by atoms with Crippen molar-refractivity contribution in [3.8, 4) is 0 Å². The van der Waals surface area contributed by atoms with Gasteiger partial charge in [0.25, 0.3) is 5.91 Å². The lowest BCUT2D eigenvalue weighted by atomic mass is 10.0. The summed E-state index contributed by atoms with van der Waals surface area (Å²) in [4.78, 5) is 17.5. The van der Waals surface area contributed by atoms with Gasteiger partial charge in [0.15, 0.2) is 0 Å². The molecule has 2 heterocycles. The van der Waals surface area contributed by atoms with Crippen molar-refractivity contribution in [2.24, 2.45) is 0 Å². The molecule has 0 spiro atoms. The van der Waals surface area contributed by atoms with E-state index >= 15 is 0 Å². The van der Waals surface area contributed by atoms with Crippen LogP contribution in [0.15, 0.2) is 18.3 Å². The Morgan fingerprint density at radius 3 is 2.52 bits per heavy atom. The van der Waals surface area contributed by atoms with Gasteiger partial charge in [0.1, 0.15) is 5.69 Å². The Balaban J connectivity index is 2.13. The molecule has 1 aliphatic heterocycles. The highest BCUT2D eigenvalue weighted by Crippen LogP contribution is 2.27. The van der Waals surface area contributed by atoms with E-state index < -0.39 is 11.9 Å². The summed E-state index contributed by atoms with van der Waals surface area (Å²) in [5, 5.41) is 3.22. The van der Waals surface area contributed by atoms with Crippen LogP contribution < -0.4 is 5.32 Å². The fourth-order valence-electron chi connectivity index (χ4n) is 2.54. The van der Waals surface area contributed by atoms with E-state index in [1.165, 1.54) is 6.07 Å². The van der Waals surface area contributed by atoms with Crippen LogP contribution in [-0.4, -0.2) is 41.5 Å². The third kappa shape index (κ3) is 3.72. The number of piperidine rings is 1. The topological polar surface area (TPSA) is 45.2 Å². The minimum atomic E-state index is -4.49. The van der Waals surface area contributed by atoms with Gasteiger partial charge in [-0.1, -0.05) is 0 Å². The summed E-state index contributed by atoms with van der Waals surface area (Å²) in [6.45, 7) is 4.10. The van der Waals surface area contributed by atoms with E-state index in [0.717, 1.165) is 38.2 Å². The molecule has 1 aliphatic rings. The van der Waals surface area contributed by atoms with E-state index in [0.29, 0.717) is 6.54 Å². The average Bonchev–Trinajstić information content (AvgIpc) is 2.48. The van der Waals surface area contributed by atoms with Gasteiger partial charge in [-0.15, -0.1) is 0 Å². The second kappa shape index (κ2) is 6.43. The van der Waals surface area contributed by atoms with Crippen molar-refractivity contribution in [1.29, 1.82) is 0 Å². The standard InChI is InChI=1S/C14H18F3N3O/c1-2-20(11-5-7-18-8-6-11)13(21)10-3-4-12(19-9-10)14(15,16)17/h3-4,9,11,18H,2,5-8H2,1H3. The van der Waals surface area contributed by atoms with Crippen LogP contribution in [0.25, 0.3) is 0 Å². The second-order valence-electron chi connectivity index (χ2n) is 5.00. The normalized spacial score (nSPS) is 16.8. The molecule has 4 nitrogen and oxygen atoms in total. The molecule has 0 aliphatic carbocycles. The first-order valence-electron chi connectivity index (χ1n) is 6.98. The van der Waals surface area contributed by atoms with Crippen molar-refractivity contribution in [2.75, 3.05) is 19.6 Å². The number of carbonyl (C=O) groups is 1. The predicted molar refractivity (Wildman–Crippen MR) is 71.8 cm³/mol. The van der Waals surface area contributed by atoms with Gasteiger partial charge in [0.2, 0.25) is 0 Å². The third-order valence-corrected chi connectivity index (χ3v) is 3.65. The number of alkyl halides is 3. The van der Waals surface area contributed by atoms with Gasteiger partial charge in [-0.3, -0.25) is 9.78 Å². The van der Waals surface area contributed by atoms with E-state index in [4.69, 9.17) is 0 Å². The lowest BCUT2D eigenvalue weighted by molar-refractivity contribution is -0.141. The zero-order chi connectivity index (χ0) is 15.5. The van der Waals surface area contributed by atoms with Crippen LogP contribution >= 0.6 is 0 Å². The lowest BCUT2D eigenvalue weighted by Gasteiger charge is -2.34. The number of amides is 1. The maximum Gasteiger partial charge on any atom is 0.433 e. The number of aromatic nitrogens is 1. The Morgan fingerprint density at radius 1 is 1.38 bits per heavy atom. The maximum atomic E-state index is 12.5. The first-order valence-corrected chi connectivity index (χ1v) is 6.98. The summed E-state index contributed by atoms with van der Waals surface area (Å²) in [7, 11) is 0. The fourth-order valence-corrected chi connectivity index (χ4v) is 2.54. The highest BCUT2D eigenvalue weighted by molar-refractivity contribution is 5.94. The zero-order valence-electron chi connectivity index (χ0n) is 11.8. The Bertz CT molecular complexity index is 481. The van der Waals surface area contributed by atoms with Crippen LogP contribution in [0.2, 0.25) is 0 Å². The van der Waals surface area contributed by atoms with E-state index in [2.05, 4.69) is 10.3 Å². The fraction of sp³-hybridized carbons (Fsp3) is 0.571. The molecule has 1 aromatic heterocycles. The molecule has 0 aromatic carbocycles. The predicted octanol–water partition coefficient (Wildman–Crippen LogP) is 2.31. The van der Waals surface area contributed by atoms with Crippen molar-refractivity contribution < 1.29 is 18.0 Å². The summed E-state index contributed by atoms with van der Waals surface area (Å²) < 4.78 is 37.4. The number of rotatable bonds is 3. The smallest absolute Gasteiger partial charge is 0.336 e. The molecule has 1 saturated heterocycles. The lowest BCUT2D eigenvalue weighted by Crippen LogP contribution is -2.46. The molecule has 0 radical (unpaired) electrons. The van der Waals surface area contributed by atoms with Crippen molar-refractivity contribution in [3.05, 3.63) is 29.6 Å². The third-order valence-electron chi connectivity index (χ3n) is 3.65. The summed E-state index contributed by atoms with van der Waals surface area (Å²) in [5.74, 6) is -0.259. The summed E-state index contributed by atoms with van der Waals surface area (Å²) in [6.07, 6.45) is -1.77. The SMILES string of the molecule is CCN(C(=O)c1ccc(C(F)(F)F)nc1)C1CCNCC1. The van der Waals surface area contributed by atoms with Gasteiger partial charge in [-0.2, -0.15) is 13.2 Å². The molecule has 0 saturated carbocycles. The Morgan fingerprint density at radius 2 is 2.05 bits per heavy atom. The maximum absolute atomic E-state index is 12.5. The molecule has 1 amide bonds. The number of pyridine rings is 1. The Labute approximate surface area is 121 Å². The number of hydrogen-bond acceptors (Lipinski definition) is 3. The molecule has 1 fully saturated rings. The van der Waals surface area contributed by atoms with Crippen LogP contribution in [0.4, 0.5) is 13.2 Å². The molecule has 21 heavy (non-hydrogen) atoms. The van der Waals surface area contributed by atoms with Gasteiger partial charge >= 0.3 is 6.18 Å². The largest absolute Gasteiger partial charge is 0.433 e. The summed E-state index contributed by atoms with van der Waals surface area (Å²) in [5.41, 5.74) is -0.785. The molecule has 0 atom stereocenters. The van der Waals surface area contributed by atoms with Gasteiger partial charge in [-0.25, -0.2) is 0 Å². The Hall–Kier alpha value is -1.63. The Kier molecular flexibility index (Phi) is 4.82. The second-order valence-corrected chi connectivity index (χ2v) is 5.00. The number of nitrogens with one attached hydrogen (secondary N) is 1. The highest BCUT2D eigenvalue weighted by Gasteiger charge is 2.32. The van der Waals surface area contributed by atoms with Crippen molar-refractivity contribution >= 4 is 5.91 Å². The van der Waals surface area contributed by atoms with Crippen LogP contribution in [-0.2, 0) is 6.18 Å². The summed E-state index contributed by atoms with van der Waals surface area (Å²) in [6, 6.07) is 2.18.